The number of rotatable bonds is 9. The van der Waals surface area contributed by atoms with Crippen LogP contribution in [0.1, 0.15) is 27.2 Å². The highest BCUT2D eigenvalue weighted by atomic mass is 127. The Morgan fingerprint density at radius 3 is 2.52 bits per heavy atom. The number of aliphatic imine (C=N–C) groups is 1. The molecule has 1 amide bonds. The number of hydrogen-bond acceptors (Lipinski definition) is 4. The van der Waals surface area contributed by atoms with Crippen molar-refractivity contribution in [3.05, 3.63) is 18.2 Å². The summed E-state index contributed by atoms with van der Waals surface area (Å²) in [7, 11) is 1.60. The summed E-state index contributed by atoms with van der Waals surface area (Å²) >= 11 is 0. The maximum atomic E-state index is 11.7. The summed E-state index contributed by atoms with van der Waals surface area (Å²) in [6.45, 7) is 7.86. The van der Waals surface area contributed by atoms with Crippen LogP contribution in [0.15, 0.2) is 23.2 Å². The summed E-state index contributed by atoms with van der Waals surface area (Å²) in [5.41, 5.74) is 0.799. The third kappa shape index (κ3) is 8.80. The van der Waals surface area contributed by atoms with Gasteiger partial charge in [0.1, 0.15) is 6.54 Å². The van der Waals surface area contributed by atoms with Crippen LogP contribution < -0.4 is 25.4 Å². The molecule has 1 aromatic carbocycles. The molecule has 0 fully saturated rings. The zero-order chi connectivity index (χ0) is 17.8. The van der Waals surface area contributed by atoms with Gasteiger partial charge in [0.2, 0.25) is 5.91 Å². The van der Waals surface area contributed by atoms with Gasteiger partial charge in [-0.2, -0.15) is 0 Å². The molecule has 3 N–H and O–H groups in total. The number of nitrogens with zero attached hydrogens (tertiary/aromatic N) is 1. The first-order chi connectivity index (χ1) is 11.6. The molecule has 0 aliphatic carbocycles. The minimum atomic E-state index is -0.0983. The number of guanidine groups is 1. The van der Waals surface area contributed by atoms with E-state index in [1.807, 2.05) is 39.0 Å². The van der Waals surface area contributed by atoms with Crippen molar-refractivity contribution in [2.45, 2.75) is 27.2 Å². The maximum Gasteiger partial charge on any atom is 0.241 e. The van der Waals surface area contributed by atoms with Crippen molar-refractivity contribution in [1.29, 1.82) is 0 Å². The van der Waals surface area contributed by atoms with Crippen LogP contribution in [0.25, 0.3) is 0 Å². The molecule has 8 heteroatoms. The van der Waals surface area contributed by atoms with E-state index in [2.05, 4.69) is 20.9 Å². The van der Waals surface area contributed by atoms with Gasteiger partial charge in [-0.25, -0.2) is 4.99 Å². The van der Waals surface area contributed by atoms with E-state index >= 15 is 0 Å². The Morgan fingerprint density at radius 2 is 1.92 bits per heavy atom. The molecule has 0 saturated heterocycles. The molecule has 0 saturated carbocycles. The van der Waals surface area contributed by atoms with Crippen molar-refractivity contribution in [2.24, 2.45) is 4.99 Å². The fourth-order valence-electron chi connectivity index (χ4n) is 1.94. The Labute approximate surface area is 167 Å². The molecule has 0 unspecified atom stereocenters. The Balaban J connectivity index is 0.00000576. The van der Waals surface area contributed by atoms with E-state index < -0.39 is 0 Å². The number of nitrogens with one attached hydrogen (secondary N) is 3. The van der Waals surface area contributed by atoms with Crippen molar-refractivity contribution in [1.82, 2.24) is 10.6 Å². The summed E-state index contributed by atoms with van der Waals surface area (Å²) in [6, 6.07) is 5.53. The van der Waals surface area contributed by atoms with E-state index in [0.29, 0.717) is 37.2 Å². The Kier molecular flexibility index (Phi) is 12.6. The number of carbonyl (C=O) groups is 1. The second-order valence-electron chi connectivity index (χ2n) is 4.97. The van der Waals surface area contributed by atoms with Gasteiger partial charge in [-0.1, -0.05) is 6.92 Å². The van der Waals surface area contributed by atoms with Crippen LogP contribution >= 0.6 is 24.0 Å². The molecule has 0 aromatic heterocycles. The molecule has 0 heterocycles. The van der Waals surface area contributed by atoms with E-state index in [1.54, 1.807) is 7.11 Å². The first-order valence-electron chi connectivity index (χ1n) is 8.27. The Hall–Kier alpha value is -1.71. The van der Waals surface area contributed by atoms with Gasteiger partial charge in [0.25, 0.3) is 0 Å². The number of halogens is 1. The third-order valence-corrected chi connectivity index (χ3v) is 3.02. The molecular weight excluding hydrogens is 435 g/mol. The van der Waals surface area contributed by atoms with Crippen LogP contribution in [-0.2, 0) is 4.79 Å². The van der Waals surface area contributed by atoms with Crippen molar-refractivity contribution >= 4 is 41.5 Å². The normalized spacial score (nSPS) is 10.5. The van der Waals surface area contributed by atoms with Gasteiger partial charge in [-0.3, -0.25) is 4.79 Å². The number of benzene rings is 1. The lowest BCUT2D eigenvalue weighted by molar-refractivity contribution is -0.119. The van der Waals surface area contributed by atoms with Gasteiger partial charge in [0.15, 0.2) is 17.5 Å². The third-order valence-electron chi connectivity index (χ3n) is 3.02. The molecule has 0 aliphatic rings. The topological polar surface area (TPSA) is 84.0 Å². The molecule has 1 rings (SSSR count). The van der Waals surface area contributed by atoms with Gasteiger partial charge in [-0.05, 0) is 32.4 Å². The summed E-state index contributed by atoms with van der Waals surface area (Å²) < 4.78 is 10.8. The van der Waals surface area contributed by atoms with E-state index in [4.69, 9.17) is 9.47 Å². The second-order valence-corrected chi connectivity index (χ2v) is 4.97. The fourth-order valence-corrected chi connectivity index (χ4v) is 1.94. The van der Waals surface area contributed by atoms with Gasteiger partial charge in [-0.15, -0.1) is 24.0 Å². The van der Waals surface area contributed by atoms with Gasteiger partial charge < -0.3 is 25.4 Å². The summed E-state index contributed by atoms with van der Waals surface area (Å²) in [5.74, 6) is 1.76. The highest BCUT2D eigenvalue weighted by Gasteiger charge is 2.07. The highest BCUT2D eigenvalue weighted by molar-refractivity contribution is 14.0. The monoisotopic (exact) mass is 464 g/mol. The van der Waals surface area contributed by atoms with Gasteiger partial charge in [0, 0.05) is 24.8 Å². The number of anilines is 1. The van der Waals surface area contributed by atoms with E-state index in [9.17, 15) is 4.79 Å². The SMILES string of the molecule is CCCNC(=O)CN=C(NCC)Nc1ccc(OC)c(OCC)c1.I. The Morgan fingerprint density at radius 1 is 1.16 bits per heavy atom. The van der Waals surface area contributed by atoms with Crippen molar-refractivity contribution in [3.63, 3.8) is 0 Å². The van der Waals surface area contributed by atoms with Crippen LogP contribution in [0.5, 0.6) is 11.5 Å². The number of carbonyl (C=O) groups excluding carboxylic acids is 1. The lowest BCUT2D eigenvalue weighted by atomic mass is 10.2. The van der Waals surface area contributed by atoms with E-state index in [1.165, 1.54) is 0 Å². The zero-order valence-corrected chi connectivity index (χ0v) is 17.7. The predicted molar refractivity (Wildman–Crippen MR) is 112 cm³/mol. The van der Waals surface area contributed by atoms with Crippen LogP contribution in [-0.4, -0.2) is 45.2 Å². The first-order valence-corrected chi connectivity index (χ1v) is 8.27. The summed E-state index contributed by atoms with van der Waals surface area (Å²) in [4.78, 5) is 16.0. The molecule has 7 nitrogen and oxygen atoms in total. The quantitative estimate of drug-likeness (QED) is 0.297. The second kappa shape index (κ2) is 13.6. The molecule has 0 atom stereocenters. The molecule has 0 spiro atoms. The number of methoxy groups -OCH3 is 1. The molecule has 0 radical (unpaired) electrons. The predicted octanol–water partition coefficient (Wildman–Crippen LogP) is 2.62. The fraction of sp³-hybridized carbons (Fsp3) is 0.529. The minimum Gasteiger partial charge on any atom is -0.493 e. The summed E-state index contributed by atoms with van der Waals surface area (Å²) in [5, 5.41) is 9.07. The lowest BCUT2D eigenvalue weighted by Gasteiger charge is -2.14. The van der Waals surface area contributed by atoms with Crippen molar-refractivity contribution < 1.29 is 14.3 Å². The van der Waals surface area contributed by atoms with Gasteiger partial charge in [0.05, 0.1) is 13.7 Å². The summed E-state index contributed by atoms with van der Waals surface area (Å²) in [6.07, 6.45) is 0.903. The zero-order valence-electron chi connectivity index (χ0n) is 15.3. The van der Waals surface area contributed by atoms with Gasteiger partial charge >= 0.3 is 0 Å². The van der Waals surface area contributed by atoms with Crippen LogP contribution in [0.4, 0.5) is 5.69 Å². The Bertz CT molecular complexity index is 553. The smallest absolute Gasteiger partial charge is 0.241 e. The first kappa shape index (κ1) is 23.3. The molecule has 142 valence electrons. The minimum absolute atomic E-state index is 0. The average molecular weight is 464 g/mol. The number of hydrogen-bond donors (Lipinski definition) is 3. The largest absolute Gasteiger partial charge is 0.493 e. The molecule has 25 heavy (non-hydrogen) atoms. The molecule has 0 bridgehead atoms. The van der Waals surface area contributed by atoms with Crippen molar-refractivity contribution in [2.75, 3.05) is 38.7 Å². The highest BCUT2D eigenvalue weighted by Crippen LogP contribution is 2.30. The lowest BCUT2D eigenvalue weighted by Crippen LogP contribution is -2.33. The number of ether oxygens (including phenoxy) is 2. The molecule has 1 aromatic rings. The molecular formula is C17H29IN4O3. The van der Waals surface area contributed by atoms with Crippen LogP contribution in [0.3, 0.4) is 0 Å². The van der Waals surface area contributed by atoms with Crippen LogP contribution in [0.2, 0.25) is 0 Å². The van der Waals surface area contributed by atoms with E-state index in [0.717, 1.165) is 12.1 Å². The van der Waals surface area contributed by atoms with Crippen molar-refractivity contribution in [3.8, 4) is 11.5 Å². The van der Waals surface area contributed by atoms with Crippen LogP contribution in [0, 0.1) is 0 Å². The average Bonchev–Trinajstić information content (AvgIpc) is 2.58. The standard InChI is InChI=1S/C17H28N4O3.HI/c1-5-10-19-16(22)12-20-17(18-6-2)21-13-8-9-14(23-4)15(11-13)24-7-3;/h8-9,11H,5-7,10,12H2,1-4H3,(H,19,22)(H2,18,20,21);1H. The maximum absolute atomic E-state index is 11.7. The van der Waals surface area contributed by atoms with E-state index in [-0.39, 0.29) is 36.4 Å². The number of amides is 1. The molecule has 0 aliphatic heterocycles.